The number of halogens is 1. The third-order valence-electron chi connectivity index (χ3n) is 4.21. The summed E-state index contributed by atoms with van der Waals surface area (Å²) in [6, 6.07) is 16.4. The summed E-state index contributed by atoms with van der Waals surface area (Å²) in [7, 11) is 1.71. The van der Waals surface area contributed by atoms with Crippen molar-refractivity contribution in [3.05, 3.63) is 65.2 Å². The van der Waals surface area contributed by atoms with E-state index in [0.717, 1.165) is 31.2 Å². The first-order chi connectivity index (χ1) is 13.3. The largest absolute Gasteiger partial charge is 0.496 e. The van der Waals surface area contributed by atoms with Crippen LogP contribution in [0.2, 0.25) is 0 Å². The Morgan fingerprint density at radius 3 is 2.29 bits per heavy atom. The van der Waals surface area contributed by atoms with E-state index in [1.807, 2.05) is 37.3 Å². The number of methoxy groups -OCH3 is 1. The lowest BCUT2D eigenvalue weighted by atomic mass is 10.1. The molecule has 0 aliphatic carbocycles. The van der Waals surface area contributed by atoms with E-state index < -0.39 is 0 Å². The molecule has 0 fully saturated rings. The Morgan fingerprint density at radius 2 is 1.61 bits per heavy atom. The molecular formula is C22H32IN3O2. The smallest absolute Gasteiger partial charge is 0.191 e. The summed E-state index contributed by atoms with van der Waals surface area (Å²) >= 11 is 0. The highest BCUT2D eigenvalue weighted by Crippen LogP contribution is 2.17. The second-order valence-corrected chi connectivity index (χ2v) is 6.09. The quantitative estimate of drug-likeness (QED) is 0.294. The highest BCUT2D eigenvalue weighted by atomic mass is 127. The van der Waals surface area contributed by atoms with Crippen molar-refractivity contribution in [2.24, 2.45) is 4.99 Å². The first-order valence-corrected chi connectivity index (χ1v) is 9.57. The lowest BCUT2D eigenvalue weighted by molar-refractivity contribution is 0.133. The van der Waals surface area contributed by atoms with Gasteiger partial charge in [-0.2, -0.15) is 0 Å². The van der Waals surface area contributed by atoms with Crippen LogP contribution in [0, 0.1) is 0 Å². The van der Waals surface area contributed by atoms with Gasteiger partial charge in [0.2, 0.25) is 0 Å². The van der Waals surface area contributed by atoms with E-state index in [1.54, 1.807) is 7.11 Å². The Bertz CT molecular complexity index is 722. The maximum atomic E-state index is 5.56. The lowest BCUT2D eigenvalue weighted by Crippen LogP contribution is -2.38. The van der Waals surface area contributed by atoms with Crippen LogP contribution in [0.4, 0.5) is 0 Å². The summed E-state index contributed by atoms with van der Waals surface area (Å²) < 4.78 is 11.0. The molecule has 28 heavy (non-hydrogen) atoms. The Morgan fingerprint density at radius 1 is 0.929 bits per heavy atom. The molecule has 2 aromatic carbocycles. The molecule has 2 rings (SSSR count). The second kappa shape index (κ2) is 14.2. The maximum Gasteiger partial charge on any atom is 0.191 e. The Kier molecular flexibility index (Phi) is 12.3. The molecule has 0 atom stereocenters. The number of hydrogen-bond donors (Lipinski definition) is 2. The molecule has 0 aliphatic heterocycles. The van der Waals surface area contributed by atoms with Crippen molar-refractivity contribution in [1.29, 1.82) is 0 Å². The minimum absolute atomic E-state index is 0. The predicted molar refractivity (Wildman–Crippen MR) is 127 cm³/mol. The standard InChI is InChI=1S/C22H31N3O2.HI/c1-4-23-22(24-15-14-18-10-8-9-13-21(18)26-3)25-16-19-11-6-7-12-20(19)17-27-5-2;/h6-13H,4-5,14-17H2,1-3H3,(H2,23,24,25);1H. The lowest BCUT2D eigenvalue weighted by Gasteiger charge is -2.13. The molecule has 0 saturated heterocycles. The van der Waals surface area contributed by atoms with Gasteiger partial charge in [-0.05, 0) is 43.0 Å². The van der Waals surface area contributed by atoms with E-state index in [9.17, 15) is 0 Å². The van der Waals surface area contributed by atoms with Crippen LogP contribution in [0.5, 0.6) is 5.75 Å². The zero-order valence-electron chi connectivity index (χ0n) is 17.0. The van der Waals surface area contributed by atoms with Gasteiger partial charge in [0.15, 0.2) is 5.96 Å². The van der Waals surface area contributed by atoms with Gasteiger partial charge in [0.1, 0.15) is 5.75 Å². The van der Waals surface area contributed by atoms with Crippen molar-refractivity contribution < 1.29 is 9.47 Å². The molecule has 0 aromatic heterocycles. The molecule has 0 spiro atoms. The third-order valence-corrected chi connectivity index (χ3v) is 4.21. The number of ether oxygens (including phenoxy) is 2. The Labute approximate surface area is 186 Å². The topological polar surface area (TPSA) is 54.9 Å². The minimum atomic E-state index is 0. The zero-order chi connectivity index (χ0) is 19.3. The van der Waals surface area contributed by atoms with Crippen LogP contribution < -0.4 is 15.4 Å². The number of nitrogens with zero attached hydrogens (tertiary/aromatic N) is 1. The highest BCUT2D eigenvalue weighted by molar-refractivity contribution is 14.0. The summed E-state index contributed by atoms with van der Waals surface area (Å²) in [5, 5.41) is 6.71. The van der Waals surface area contributed by atoms with Crippen LogP contribution in [-0.2, 0) is 24.3 Å². The first-order valence-electron chi connectivity index (χ1n) is 9.57. The van der Waals surface area contributed by atoms with Crippen molar-refractivity contribution in [1.82, 2.24) is 10.6 Å². The van der Waals surface area contributed by atoms with Crippen LogP contribution in [0.25, 0.3) is 0 Å². The fourth-order valence-electron chi connectivity index (χ4n) is 2.80. The van der Waals surface area contributed by atoms with Gasteiger partial charge in [-0.1, -0.05) is 42.5 Å². The molecule has 2 N–H and O–H groups in total. The summed E-state index contributed by atoms with van der Waals surface area (Å²) in [5.41, 5.74) is 3.56. The molecule has 0 unspecified atom stereocenters. The molecule has 0 aliphatic rings. The van der Waals surface area contributed by atoms with Crippen molar-refractivity contribution >= 4 is 29.9 Å². The van der Waals surface area contributed by atoms with E-state index in [-0.39, 0.29) is 24.0 Å². The molecule has 5 nitrogen and oxygen atoms in total. The van der Waals surface area contributed by atoms with Crippen molar-refractivity contribution in [2.75, 3.05) is 26.8 Å². The van der Waals surface area contributed by atoms with Gasteiger partial charge in [0.05, 0.1) is 20.3 Å². The molecular weight excluding hydrogens is 465 g/mol. The molecule has 6 heteroatoms. The highest BCUT2D eigenvalue weighted by Gasteiger charge is 2.04. The zero-order valence-corrected chi connectivity index (χ0v) is 19.4. The van der Waals surface area contributed by atoms with Gasteiger partial charge in [0.25, 0.3) is 0 Å². The van der Waals surface area contributed by atoms with E-state index >= 15 is 0 Å². The number of benzene rings is 2. The van der Waals surface area contributed by atoms with Gasteiger partial charge >= 0.3 is 0 Å². The fourth-order valence-corrected chi connectivity index (χ4v) is 2.80. The number of aliphatic imine (C=N–C) groups is 1. The predicted octanol–water partition coefficient (Wildman–Crippen LogP) is 4.15. The van der Waals surface area contributed by atoms with Gasteiger partial charge in [-0.25, -0.2) is 4.99 Å². The molecule has 0 bridgehead atoms. The normalized spacial score (nSPS) is 10.9. The summed E-state index contributed by atoms with van der Waals surface area (Å²) in [6.45, 7) is 7.64. The van der Waals surface area contributed by atoms with Gasteiger partial charge in [-0.15, -0.1) is 24.0 Å². The summed E-state index contributed by atoms with van der Waals surface area (Å²) in [5.74, 6) is 1.74. The fraction of sp³-hybridized carbons (Fsp3) is 0.409. The molecule has 0 saturated carbocycles. The molecule has 2 aromatic rings. The number of para-hydroxylation sites is 1. The van der Waals surface area contributed by atoms with Crippen LogP contribution in [0.15, 0.2) is 53.5 Å². The van der Waals surface area contributed by atoms with E-state index in [1.165, 1.54) is 16.7 Å². The first kappa shape index (κ1) is 24.2. The number of nitrogens with one attached hydrogen (secondary N) is 2. The SMILES string of the molecule is CCNC(=NCc1ccccc1COCC)NCCc1ccccc1OC.I. The minimum Gasteiger partial charge on any atom is -0.496 e. The van der Waals surface area contributed by atoms with Gasteiger partial charge in [-0.3, -0.25) is 0 Å². The van der Waals surface area contributed by atoms with Crippen molar-refractivity contribution in [3.63, 3.8) is 0 Å². The van der Waals surface area contributed by atoms with Gasteiger partial charge in [0, 0.05) is 19.7 Å². The Hall–Kier alpha value is -1.80. The maximum absolute atomic E-state index is 5.56. The number of rotatable bonds is 10. The van der Waals surface area contributed by atoms with Crippen LogP contribution in [-0.4, -0.2) is 32.8 Å². The number of hydrogen-bond acceptors (Lipinski definition) is 3. The number of guanidine groups is 1. The van der Waals surface area contributed by atoms with E-state index in [0.29, 0.717) is 19.8 Å². The average Bonchev–Trinajstić information content (AvgIpc) is 2.71. The van der Waals surface area contributed by atoms with Crippen molar-refractivity contribution in [2.45, 2.75) is 33.4 Å². The molecule has 0 radical (unpaired) electrons. The average molecular weight is 497 g/mol. The van der Waals surface area contributed by atoms with Gasteiger partial charge < -0.3 is 20.1 Å². The summed E-state index contributed by atoms with van der Waals surface area (Å²) in [4.78, 5) is 4.73. The van der Waals surface area contributed by atoms with Crippen LogP contribution >= 0.6 is 24.0 Å². The third kappa shape index (κ3) is 8.06. The molecule has 0 heterocycles. The Balaban J connectivity index is 0.00000392. The monoisotopic (exact) mass is 497 g/mol. The molecule has 0 amide bonds. The van der Waals surface area contributed by atoms with Crippen molar-refractivity contribution in [3.8, 4) is 5.75 Å². The van der Waals surface area contributed by atoms with E-state index in [4.69, 9.17) is 14.5 Å². The summed E-state index contributed by atoms with van der Waals surface area (Å²) in [6.07, 6.45) is 0.870. The molecule has 154 valence electrons. The van der Waals surface area contributed by atoms with Crippen LogP contribution in [0.3, 0.4) is 0 Å². The van der Waals surface area contributed by atoms with E-state index in [2.05, 4.69) is 35.8 Å². The second-order valence-electron chi connectivity index (χ2n) is 6.09. The van der Waals surface area contributed by atoms with Crippen LogP contribution in [0.1, 0.15) is 30.5 Å².